The predicted molar refractivity (Wildman–Crippen MR) is 99.8 cm³/mol. The van der Waals surface area contributed by atoms with E-state index in [9.17, 15) is 18.0 Å². The molecule has 148 valence electrons. The molecule has 2 atom stereocenters. The van der Waals surface area contributed by atoms with Crippen LogP contribution in [0.2, 0.25) is 0 Å². The fourth-order valence-electron chi connectivity index (χ4n) is 4.31. The molecule has 2 aliphatic heterocycles. The van der Waals surface area contributed by atoms with Crippen LogP contribution in [0.5, 0.6) is 0 Å². The SMILES string of the molecule is CN1[C@H]2CC[C@@H]1CN(C(=O)c1ccc(-c3ncccc3C(F)(F)F)cc1)CC2. The van der Waals surface area contributed by atoms with Gasteiger partial charge in [0.1, 0.15) is 0 Å². The minimum Gasteiger partial charge on any atom is -0.337 e. The third-order valence-electron chi connectivity index (χ3n) is 5.95. The summed E-state index contributed by atoms with van der Waals surface area (Å²) in [7, 11) is 2.12. The van der Waals surface area contributed by atoms with Gasteiger partial charge in [0, 0.05) is 42.5 Å². The van der Waals surface area contributed by atoms with Crippen molar-refractivity contribution in [2.45, 2.75) is 37.5 Å². The number of aromatic nitrogens is 1. The summed E-state index contributed by atoms with van der Waals surface area (Å²) in [5.74, 6) is -0.0652. The Morgan fingerprint density at radius 2 is 1.79 bits per heavy atom. The Balaban J connectivity index is 1.55. The normalized spacial score (nSPS) is 22.9. The zero-order chi connectivity index (χ0) is 19.9. The number of rotatable bonds is 2. The first kappa shape index (κ1) is 18.9. The van der Waals surface area contributed by atoms with Crippen LogP contribution in [0.25, 0.3) is 11.3 Å². The molecule has 1 amide bonds. The van der Waals surface area contributed by atoms with Gasteiger partial charge in [0.25, 0.3) is 5.91 Å². The lowest BCUT2D eigenvalue weighted by atomic mass is 10.0. The lowest BCUT2D eigenvalue weighted by Gasteiger charge is -2.26. The van der Waals surface area contributed by atoms with E-state index in [-0.39, 0.29) is 11.6 Å². The molecule has 7 heteroatoms. The summed E-state index contributed by atoms with van der Waals surface area (Å²) in [5.41, 5.74) is -0.0591. The Bertz CT molecular complexity index is 866. The number of hydrogen-bond acceptors (Lipinski definition) is 3. The first-order valence-corrected chi connectivity index (χ1v) is 9.48. The molecule has 2 aliphatic rings. The highest BCUT2D eigenvalue weighted by molar-refractivity contribution is 5.94. The topological polar surface area (TPSA) is 36.4 Å². The van der Waals surface area contributed by atoms with Gasteiger partial charge >= 0.3 is 6.18 Å². The van der Waals surface area contributed by atoms with Gasteiger partial charge in [-0.05, 0) is 50.6 Å². The Morgan fingerprint density at radius 1 is 1.07 bits per heavy atom. The number of nitrogens with zero attached hydrogens (tertiary/aromatic N) is 3. The summed E-state index contributed by atoms with van der Waals surface area (Å²) in [6, 6.07) is 9.49. The summed E-state index contributed by atoms with van der Waals surface area (Å²) < 4.78 is 39.7. The Kier molecular flexibility index (Phi) is 4.87. The first-order chi connectivity index (χ1) is 13.3. The van der Waals surface area contributed by atoms with Crippen molar-refractivity contribution in [2.24, 2.45) is 0 Å². The molecule has 2 saturated heterocycles. The van der Waals surface area contributed by atoms with Crippen LogP contribution in [-0.2, 0) is 6.18 Å². The molecule has 2 fully saturated rings. The molecular formula is C21H22F3N3O. The number of carbonyl (C=O) groups excluding carboxylic acids is 1. The maximum Gasteiger partial charge on any atom is 0.418 e. The highest BCUT2D eigenvalue weighted by atomic mass is 19.4. The van der Waals surface area contributed by atoms with Crippen LogP contribution < -0.4 is 0 Å². The van der Waals surface area contributed by atoms with E-state index >= 15 is 0 Å². The van der Waals surface area contributed by atoms with E-state index in [1.54, 1.807) is 24.3 Å². The molecule has 0 spiro atoms. The summed E-state index contributed by atoms with van der Waals surface area (Å²) >= 11 is 0. The molecule has 0 N–H and O–H groups in total. The van der Waals surface area contributed by atoms with Gasteiger partial charge in [0.2, 0.25) is 0 Å². The van der Waals surface area contributed by atoms with Crippen molar-refractivity contribution < 1.29 is 18.0 Å². The van der Waals surface area contributed by atoms with Gasteiger partial charge in [0.05, 0.1) is 11.3 Å². The summed E-state index contributed by atoms with van der Waals surface area (Å²) in [6.45, 7) is 1.41. The van der Waals surface area contributed by atoms with Gasteiger partial charge in [0.15, 0.2) is 0 Å². The summed E-state index contributed by atoms with van der Waals surface area (Å²) in [4.78, 5) is 21.1. The number of amides is 1. The second-order valence-corrected chi connectivity index (χ2v) is 7.56. The summed E-state index contributed by atoms with van der Waals surface area (Å²) in [5, 5.41) is 0. The smallest absolute Gasteiger partial charge is 0.337 e. The predicted octanol–water partition coefficient (Wildman–Crippen LogP) is 4.08. The Labute approximate surface area is 162 Å². The first-order valence-electron chi connectivity index (χ1n) is 9.48. The molecule has 1 aromatic heterocycles. The van der Waals surface area contributed by atoms with Crippen molar-refractivity contribution in [3.8, 4) is 11.3 Å². The number of likely N-dealkylation sites (N-methyl/N-ethyl adjacent to an activating group) is 1. The molecule has 2 aromatic rings. The zero-order valence-corrected chi connectivity index (χ0v) is 15.6. The molecule has 3 heterocycles. The third-order valence-corrected chi connectivity index (χ3v) is 5.95. The second kappa shape index (κ2) is 7.20. The average molecular weight is 389 g/mol. The number of carbonyl (C=O) groups is 1. The van der Waals surface area contributed by atoms with Gasteiger partial charge in [-0.15, -0.1) is 0 Å². The van der Waals surface area contributed by atoms with Gasteiger partial charge in [-0.2, -0.15) is 13.2 Å². The van der Waals surface area contributed by atoms with Gasteiger partial charge < -0.3 is 4.90 Å². The highest BCUT2D eigenvalue weighted by Gasteiger charge is 2.36. The lowest BCUT2D eigenvalue weighted by Crippen LogP contribution is -2.39. The van der Waals surface area contributed by atoms with E-state index in [2.05, 4.69) is 16.9 Å². The number of likely N-dealkylation sites (tertiary alicyclic amines) is 1. The quantitative estimate of drug-likeness (QED) is 0.777. The van der Waals surface area contributed by atoms with E-state index in [0.717, 1.165) is 18.9 Å². The van der Waals surface area contributed by atoms with E-state index in [4.69, 9.17) is 0 Å². The summed E-state index contributed by atoms with van der Waals surface area (Å²) in [6.07, 6.45) is 0.106. The van der Waals surface area contributed by atoms with Crippen LogP contribution in [-0.4, -0.2) is 52.9 Å². The van der Waals surface area contributed by atoms with Crippen LogP contribution in [0.15, 0.2) is 42.6 Å². The van der Waals surface area contributed by atoms with Crippen molar-refractivity contribution in [3.05, 3.63) is 53.7 Å². The Morgan fingerprint density at radius 3 is 2.50 bits per heavy atom. The van der Waals surface area contributed by atoms with Crippen molar-refractivity contribution >= 4 is 5.91 Å². The minimum atomic E-state index is -4.48. The van der Waals surface area contributed by atoms with Crippen molar-refractivity contribution in [1.29, 1.82) is 0 Å². The lowest BCUT2D eigenvalue weighted by molar-refractivity contribution is -0.137. The molecule has 1 aromatic carbocycles. The number of halogens is 3. The maximum absolute atomic E-state index is 13.2. The minimum absolute atomic E-state index is 0.0652. The molecule has 2 bridgehead atoms. The highest BCUT2D eigenvalue weighted by Crippen LogP contribution is 2.36. The van der Waals surface area contributed by atoms with Gasteiger partial charge in [-0.1, -0.05) is 12.1 Å². The molecular weight excluding hydrogens is 367 g/mol. The fourth-order valence-corrected chi connectivity index (χ4v) is 4.31. The molecule has 0 unspecified atom stereocenters. The molecule has 0 radical (unpaired) electrons. The Hall–Kier alpha value is -2.41. The van der Waals surface area contributed by atoms with E-state index in [1.165, 1.54) is 18.7 Å². The molecule has 0 saturated carbocycles. The van der Waals surface area contributed by atoms with Crippen molar-refractivity contribution in [1.82, 2.24) is 14.8 Å². The second-order valence-electron chi connectivity index (χ2n) is 7.56. The van der Waals surface area contributed by atoms with Crippen LogP contribution in [0.1, 0.15) is 35.2 Å². The average Bonchev–Trinajstić information content (AvgIpc) is 2.92. The molecule has 4 nitrogen and oxygen atoms in total. The molecule has 4 rings (SSSR count). The number of benzene rings is 1. The van der Waals surface area contributed by atoms with E-state index in [1.807, 2.05) is 4.90 Å². The molecule has 0 aliphatic carbocycles. The van der Waals surface area contributed by atoms with Crippen LogP contribution in [0, 0.1) is 0 Å². The largest absolute Gasteiger partial charge is 0.418 e. The third kappa shape index (κ3) is 3.51. The van der Waals surface area contributed by atoms with Crippen molar-refractivity contribution in [3.63, 3.8) is 0 Å². The van der Waals surface area contributed by atoms with Crippen LogP contribution in [0.3, 0.4) is 0 Å². The monoisotopic (exact) mass is 389 g/mol. The van der Waals surface area contributed by atoms with Gasteiger partial charge in [-0.3, -0.25) is 14.7 Å². The zero-order valence-electron chi connectivity index (χ0n) is 15.6. The van der Waals surface area contributed by atoms with E-state index in [0.29, 0.717) is 36.3 Å². The van der Waals surface area contributed by atoms with Crippen molar-refractivity contribution in [2.75, 3.05) is 20.1 Å². The number of alkyl halides is 3. The standard InChI is InChI=1S/C21H22F3N3O/c1-26-16-8-9-17(26)13-27(12-10-16)20(28)15-6-4-14(5-7-15)19-18(21(22,23)24)3-2-11-25-19/h2-7,11,16-17H,8-10,12-13H2,1H3/t16-,17+/m0/s1. The van der Waals surface area contributed by atoms with Crippen LogP contribution in [0.4, 0.5) is 13.2 Å². The number of hydrogen-bond donors (Lipinski definition) is 0. The molecule has 28 heavy (non-hydrogen) atoms. The number of fused-ring (bicyclic) bond motifs is 2. The van der Waals surface area contributed by atoms with Crippen LogP contribution >= 0.6 is 0 Å². The number of pyridine rings is 1. The van der Waals surface area contributed by atoms with E-state index < -0.39 is 11.7 Å². The fraction of sp³-hybridized carbons (Fsp3) is 0.429. The van der Waals surface area contributed by atoms with Gasteiger partial charge in [-0.25, -0.2) is 0 Å². The maximum atomic E-state index is 13.2.